The number of piperidine rings is 1. The summed E-state index contributed by atoms with van der Waals surface area (Å²) >= 11 is 0. The molecule has 2 aromatic heterocycles. The number of hydrogen-bond donors (Lipinski definition) is 0. The van der Waals surface area contributed by atoms with E-state index in [-0.39, 0.29) is 11.9 Å². The highest BCUT2D eigenvalue weighted by molar-refractivity contribution is 5.94. The van der Waals surface area contributed by atoms with E-state index in [4.69, 9.17) is 9.15 Å². The van der Waals surface area contributed by atoms with E-state index < -0.39 is 0 Å². The zero-order chi connectivity index (χ0) is 19.3. The van der Waals surface area contributed by atoms with Crippen LogP contribution in [0.2, 0.25) is 0 Å². The first-order valence-corrected chi connectivity index (χ1v) is 9.53. The molecule has 6 nitrogen and oxygen atoms in total. The molecule has 0 N–H and O–H groups in total. The number of benzene rings is 1. The Morgan fingerprint density at radius 2 is 2.18 bits per heavy atom. The standard InChI is InChI=1S/C22H23N3O3/c1-27-18-8-4-6-16(12-18)13-19-15-24-21(28-19)20-9-2-3-11-25(20)22(26)17-7-5-10-23-14-17/h4-8,10,12,14-15,20H,2-3,9,11,13H2,1H3/t20-/m0/s1. The van der Waals surface area contributed by atoms with Crippen molar-refractivity contribution in [3.05, 3.63) is 77.8 Å². The van der Waals surface area contributed by atoms with Crippen molar-refractivity contribution in [3.8, 4) is 5.75 Å². The second kappa shape index (κ2) is 8.25. The van der Waals surface area contributed by atoms with Crippen LogP contribution in [-0.2, 0) is 6.42 Å². The van der Waals surface area contributed by atoms with Gasteiger partial charge in [0.25, 0.3) is 5.91 Å². The summed E-state index contributed by atoms with van der Waals surface area (Å²) in [6.07, 6.45) is 8.56. The van der Waals surface area contributed by atoms with E-state index in [9.17, 15) is 4.79 Å². The van der Waals surface area contributed by atoms with E-state index in [0.29, 0.717) is 24.4 Å². The van der Waals surface area contributed by atoms with Gasteiger partial charge in [-0.25, -0.2) is 4.98 Å². The molecule has 1 aliphatic rings. The van der Waals surface area contributed by atoms with E-state index >= 15 is 0 Å². The molecule has 0 spiro atoms. The van der Waals surface area contributed by atoms with Gasteiger partial charge in [-0.1, -0.05) is 12.1 Å². The lowest BCUT2D eigenvalue weighted by atomic mass is 10.0. The largest absolute Gasteiger partial charge is 0.497 e. The molecule has 0 bridgehead atoms. The van der Waals surface area contributed by atoms with Crippen molar-refractivity contribution in [2.45, 2.75) is 31.7 Å². The highest BCUT2D eigenvalue weighted by Crippen LogP contribution is 2.32. The minimum Gasteiger partial charge on any atom is -0.497 e. The van der Waals surface area contributed by atoms with E-state index in [0.717, 1.165) is 36.3 Å². The molecule has 3 heterocycles. The Morgan fingerprint density at radius 1 is 1.25 bits per heavy atom. The van der Waals surface area contributed by atoms with Crippen LogP contribution in [0.1, 0.15) is 52.9 Å². The fourth-order valence-electron chi connectivity index (χ4n) is 3.63. The summed E-state index contributed by atoms with van der Waals surface area (Å²) in [6.45, 7) is 0.700. The van der Waals surface area contributed by atoms with E-state index in [1.165, 1.54) is 0 Å². The van der Waals surface area contributed by atoms with Gasteiger partial charge in [-0.15, -0.1) is 0 Å². The molecule has 144 valence electrons. The van der Waals surface area contributed by atoms with Gasteiger partial charge in [0.15, 0.2) is 0 Å². The number of amides is 1. The van der Waals surface area contributed by atoms with Gasteiger partial charge in [0.1, 0.15) is 17.6 Å². The summed E-state index contributed by atoms with van der Waals surface area (Å²) in [5.41, 5.74) is 1.69. The normalized spacial score (nSPS) is 16.8. The van der Waals surface area contributed by atoms with Crippen LogP contribution in [-0.4, -0.2) is 34.4 Å². The predicted molar refractivity (Wildman–Crippen MR) is 104 cm³/mol. The SMILES string of the molecule is COc1cccc(Cc2cnc([C@@H]3CCCCN3C(=O)c3cccnc3)o2)c1. The van der Waals surface area contributed by atoms with Crippen LogP contribution in [0, 0.1) is 0 Å². The van der Waals surface area contributed by atoms with Gasteiger partial charge < -0.3 is 14.1 Å². The number of methoxy groups -OCH3 is 1. The van der Waals surface area contributed by atoms with Gasteiger partial charge in [-0.3, -0.25) is 9.78 Å². The molecule has 1 atom stereocenters. The van der Waals surface area contributed by atoms with Crippen LogP contribution in [0.15, 0.2) is 59.4 Å². The van der Waals surface area contributed by atoms with E-state index in [1.807, 2.05) is 29.2 Å². The van der Waals surface area contributed by atoms with Crippen LogP contribution in [0.25, 0.3) is 0 Å². The molecule has 1 fully saturated rings. The van der Waals surface area contributed by atoms with Crippen molar-refractivity contribution in [1.82, 2.24) is 14.9 Å². The number of carbonyl (C=O) groups excluding carboxylic acids is 1. The number of oxazole rings is 1. The fraction of sp³-hybridized carbons (Fsp3) is 0.318. The van der Waals surface area contributed by atoms with Crippen molar-refractivity contribution in [3.63, 3.8) is 0 Å². The third-order valence-electron chi connectivity index (χ3n) is 5.04. The topological polar surface area (TPSA) is 68.5 Å². The number of likely N-dealkylation sites (tertiary alicyclic amines) is 1. The maximum absolute atomic E-state index is 13.0. The molecule has 28 heavy (non-hydrogen) atoms. The van der Waals surface area contributed by atoms with Crippen molar-refractivity contribution < 1.29 is 13.9 Å². The van der Waals surface area contributed by atoms with Gasteiger partial charge in [-0.05, 0) is 49.1 Å². The zero-order valence-corrected chi connectivity index (χ0v) is 15.9. The first-order valence-electron chi connectivity index (χ1n) is 9.53. The Hall–Kier alpha value is -3.15. The number of rotatable bonds is 5. The minimum atomic E-state index is -0.138. The van der Waals surface area contributed by atoms with E-state index in [1.54, 1.807) is 37.8 Å². The van der Waals surface area contributed by atoms with Crippen LogP contribution in [0.4, 0.5) is 0 Å². The molecular weight excluding hydrogens is 354 g/mol. The Kier molecular flexibility index (Phi) is 5.37. The molecule has 3 aromatic rings. The van der Waals surface area contributed by atoms with Gasteiger partial charge in [0.2, 0.25) is 5.89 Å². The molecule has 4 rings (SSSR count). The highest BCUT2D eigenvalue weighted by Gasteiger charge is 2.32. The average Bonchev–Trinajstić information content (AvgIpc) is 3.22. The Bertz CT molecular complexity index is 939. The molecule has 1 aromatic carbocycles. The number of hydrogen-bond acceptors (Lipinski definition) is 5. The molecule has 1 amide bonds. The fourth-order valence-corrected chi connectivity index (χ4v) is 3.63. The quantitative estimate of drug-likeness (QED) is 0.671. The highest BCUT2D eigenvalue weighted by atomic mass is 16.5. The lowest BCUT2D eigenvalue weighted by Crippen LogP contribution is -2.38. The molecule has 0 aliphatic carbocycles. The summed E-state index contributed by atoms with van der Waals surface area (Å²) in [5.74, 6) is 2.18. The second-order valence-corrected chi connectivity index (χ2v) is 6.94. The summed E-state index contributed by atoms with van der Waals surface area (Å²) in [6, 6.07) is 11.3. The van der Waals surface area contributed by atoms with Gasteiger partial charge in [0.05, 0.1) is 18.9 Å². The lowest BCUT2D eigenvalue weighted by Gasteiger charge is -2.33. The van der Waals surface area contributed by atoms with Crippen molar-refractivity contribution >= 4 is 5.91 Å². The second-order valence-electron chi connectivity index (χ2n) is 6.94. The van der Waals surface area contributed by atoms with Crippen LogP contribution in [0.5, 0.6) is 5.75 Å². The number of nitrogens with zero attached hydrogens (tertiary/aromatic N) is 3. The van der Waals surface area contributed by atoms with Crippen LogP contribution in [0.3, 0.4) is 0 Å². The van der Waals surface area contributed by atoms with Crippen molar-refractivity contribution in [2.24, 2.45) is 0 Å². The van der Waals surface area contributed by atoms with Crippen LogP contribution < -0.4 is 4.74 Å². The van der Waals surface area contributed by atoms with Gasteiger partial charge >= 0.3 is 0 Å². The smallest absolute Gasteiger partial charge is 0.256 e. The minimum absolute atomic E-state index is 0.0228. The van der Waals surface area contributed by atoms with Crippen LogP contribution >= 0.6 is 0 Å². The Balaban J connectivity index is 1.53. The third kappa shape index (κ3) is 3.91. The molecule has 0 radical (unpaired) electrons. The monoisotopic (exact) mass is 377 g/mol. The first kappa shape index (κ1) is 18.2. The first-order chi connectivity index (χ1) is 13.7. The van der Waals surface area contributed by atoms with Gasteiger partial charge in [0, 0.05) is 25.4 Å². The number of ether oxygens (including phenoxy) is 1. The van der Waals surface area contributed by atoms with Crippen molar-refractivity contribution in [1.29, 1.82) is 0 Å². The summed E-state index contributed by atoms with van der Waals surface area (Å²) in [4.78, 5) is 23.4. The van der Waals surface area contributed by atoms with Crippen molar-refractivity contribution in [2.75, 3.05) is 13.7 Å². The summed E-state index contributed by atoms with van der Waals surface area (Å²) in [7, 11) is 1.66. The molecular formula is C22H23N3O3. The maximum Gasteiger partial charge on any atom is 0.256 e. The zero-order valence-electron chi connectivity index (χ0n) is 15.9. The van der Waals surface area contributed by atoms with Gasteiger partial charge in [-0.2, -0.15) is 0 Å². The molecule has 6 heteroatoms. The lowest BCUT2D eigenvalue weighted by molar-refractivity contribution is 0.0569. The maximum atomic E-state index is 13.0. The summed E-state index contributed by atoms with van der Waals surface area (Å²) in [5, 5.41) is 0. The number of pyridine rings is 1. The Labute approximate surface area is 164 Å². The third-order valence-corrected chi connectivity index (χ3v) is 5.04. The molecule has 1 aliphatic heterocycles. The van der Waals surface area contributed by atoms with E-state index in [2.05, 4.69) is 9.97 Å². The Morgan fingerprint density at radius 3 is 3.00 bits per heavy atom. The number of carbonyl (C=O) groups is 1. The molecule has 1 saturated heterocycles. The molecule has 0 saturated carbocycles. The molecule has 0 unspecified atom stereocenters. The average molecular weight is 377 g/mol. The predicted octanol–water partition coefficient (Wildman–Crippen LogP) is 4.04. The summed E-state index contributed by atoms with van der Waals surface area (Å²) < 4.78 is 11.3. The number of aromatic nitrogens is 2.